The standard InChI is InChI=1S/C4H8N2.Na.H/c1-6-3-2-5-4-6;;/h4H,2-3H2,1H3;;. The van der Waals surface area contributed by atoms with E-state index in [0.29, 0.717) is 0 Å². The third kappa shape index (κ3) is 2.32. The Morgan fingerprint density at radius 3 is 2.57 bits per heavy atom. The van der Waals surface area contributed by atoms with Crippen molar-refractivity contribution in [3.05, 3.63) is 0 Å². The van der Waals surface area contributed by atoms with E-state index in [1.54, 1.807) is 0 Å². The summed E-state index contributed by atoms with van der Waals surface area (Å²) in [5.74, 6) is 0. The molecule has 0 amide bonds. The van der Waals surface area contributed by atoms with Crippen LogP contribution in [0.15, 0.2) is 4.99 Å². The predicted octanol–water partition coefficient (Wildman–Crippen LogP) is -0.688. The zero-order chi connectivity index (χ0) is 4.41. The monoisotopic (exact) mass is 108 g/mol. The van der Waals surface area contributed by atoms with Gasteiger partial charge < -0.3 is 4.90 Å². The minimum atomic E-state index is 0. The maximum absolute atomic E-state index is 3.97. The Morgan fingerprint density at radius 2 is 2.43 bits per heavy atom. The molecule has 0 fully saturated rings. The first-order valence-corrected chi connectivity index (χ1v) is 2.10. The summed E-state index contributed by atoms with van der Waals surface area (Å²) in [4.78, 5) is 6.03. The molecule has 0 N–H and O–H groups in total. The second-order valence-corrected chi connectivity index (χ2v) is 1.50. The molecule has 0 aromatic rings. The molecule has 2 nitrogen and oxygen atoms in total. The van der Waals surface area contributed by atoms with Gasteiger partial charge in [0.1, 0.15) is 0 Å². The number of hydrogen-bond donors (Lipinski definition) is 0. The summed E-state index contributed by atoms with van der Waals surface area (Å²) in [7, 11) is 2.02. The normalized spacial score (nSPS) is 17.0. The maximum atomic E-state index is 3.97. The molecule has 1 aliphatic heterocycles. The average molecular weight is 108 g/mol. The first-order chi connectivity index (χ1) is 2.89. The molecule has 0 radical (unpaired) electrons. The molecule has 3 heteroatoms. The fourth-order valence-electron chi connectivity index (χ4n) is 0.470. The van der Waals surface area contributed by atoms with Gasteiger partial charge in [0.25, 0.3) is 0 Å². The summed E-state index contributed by atoms with van der Waals surface area (Å²) in [5, 5.41) is 0. The summed E-state index contributed by atoms with van der Waals surface area (Å²) in [6.07, 6.45) is 1.86. The first kappa shape index (κ1) is 7.47. The van der Waals surface area contributed by atoms with E-state index in [0.717, 1.165) is 13.1 Å². The molecule has 0 saturated heterocycles. The molecule has 0 unspecified atom stereocenters. The van der Waals surface area contributed by atoms with Crippen LogP contribution in [-0.4, -0.2) is 60.9 Å². The van der Waals surface area contributed by atoms with Crippen molar-refractivity contribution in [2.75, 3.05) is 20.1 Å². The van der Waals surface area contributed by atoms with Gasteiger partial charge in [0.2, 0.25) is 0 Å². The number of hydrogen-bond acceptors (Lipinski definition) is 2. The molecule has 0 aliphatic carbocycles. The van der Waals surface area contributed by atoms with E-state index in [9.17, 15) is 0 Å². The van der Waals surface area contributed by atoms with E-state index < -0.39 is 0 Å². The van der Waals surface area contributed by atoms with Gasteiger partial charge in [0.05, 0.1) is 12.9 Å². The summed E-state index contributed by atoms with van der Waals surface area (Å²) in [6, 6.07) is 0. The van der Waals surface area contributed by atoms with Crippen molar-refractivity contribution in [1.82, 2.24) is 4.90 Å². The van der Waals surface area contributed by atoms with E-state index in [4.69, 9.17) is 0 Å². The number of nitrogens with zero attached hydrogens (tertiary/aromatic N) is 2. The van der Waals surface area contributed by atoms with Crippen molar-refractivity contribution in [2.24, 2.45) is 4.99 Å². The minimum absolute atomic E-state index is 0. The van der Waals surface area contributed by atoms with Crippen LogP contribution in [0, 0.1) is 0 Å². The van der Waals surface area contributed by atoms with Gasteiger partial charge in [-0.2, -0.15) is 0 Å². The molecule has 7 heavy (non-hydrogen) atoms. The molecular weight excluding hydrogens is 99.0 g/mol. The zero-order valence-electron chi connectivity index (χ0n) is 3.89. The van der Waals surface area contributed by atoms with E-state index in [1.807, 2.05) is 13.4 Å². The van der Waals surface area contributed by atoms with Gasteiger partial charge in [-0.25, -0.2) is 0 Å². The Morgan fingerprint density at radius 1 is 1.71 bits per heavy atom. The van der Waals surface area contributed by atoms with E-state index in [1.165, 1.54) is 0 Å². The molecule has 0 saturated carbocycles. The average Bonchev–Trinajstić information content (AvgIpc) is 1.86. The molecule has 1 heterocycles. The van der Waals surface area contributed by atoms with Crippen LogP contribution in [0.25, 0.3) is 0 Å². The molecule has 0 bridgehead atoms. The van der Waals surface area contributed by atoms with E-state index in [-0.39, 0.29) is 29.6 Å². The number of likely N-dealkylation sites (N-methyl/N-ethyl adjacent to an activating group) is 1. The fourth-order valence-corrected chi connectivity index (χ4v) is 0.470. The van der Waals surface area contributed by atoms with Crippen LogP contribution in [-0.2, 0) is 0 Å². The molecular formula is C4H9N2Na. The van der Waals surface area contributed by atoms with Crippen LogP contribution < -0.4 is 0 Å². The number of rotatable bonds is 0. The Kier molecular flexibility index (Phi) is 3.70. The van der Waals surface area contributed by atoms with Crippen molar-refractivity contribution in [3.63, 3.8) is 0 Å². The van der Waals surface area contributed by atoms with Crippen LogP contribution >= 0.6 is 0 Å². The van der Waals surface area contributed by atoms with Crippen LogP contribution in [0.5, 0.6) is 0 Å². The molecule has 1 rings (SSSR count). The topological polar surface area (TPSA) is 15.6 Å². The van der Waals surface area contributed by atoms with Crippen LogP contribution in [0.2, 0.25) is 0 Å². The molecule has 0 aromatic heterocycles. The zero-order valence-corrected chi connectivity index (χ0v) is 3.89. The third-order valence-electron chi connectivity index (χ3n) is 0.861. The summed E-state index contributed by atoms with van der Waals surface area (Å²) >= 11 is 0. The second-order valence-electron chi connectivity index (χ2n) is 1.50. The van der Waals surface area contributed by atoms with Crippen molar-refractivity contribution in [3.8, 4) is 0 Å². The van der Waals surface area contributed by atoms with Crippen LogP contribution in [0.3, 0.4) is 0 Å². The molecule has 0 spiro atoms. The van der Waals surface area contributed by atoms with Crippen LogP contribution in [0.4, 0.5) is 0 Å². The van der Waals surface area contributed by atoms with Crippen LogP contribution in [0.1, 0.15) is 0 Å². The molecule has 36 valence electrons. The van der Waals surface area contributed by atoms with Crippen molar-refractivity contribution in [2.45, 2.75) is 0 Å². The Bertz CT molecular complexity index is 72.1. The Balaban J connectivity index is 0.000000360. The van der Waals surface area contributed by atoms with E-state index >= 15 is 0 Å². The van der Waals surface area contributed by atoms with Gasteiger partial charge >= 0.3 is 29.6 Å². The van der Waals surface area contributed by atoms with Crippen molar-refractivity contribution >= 4 is 35.9 Å². The van der Waals surface area contributed by atoms with Gasteiger partial charge in [-0.3, -0.25) is 4.99 Å². The van der Waals surface area contributed by atoms with Gasteiger partial charge in [0.15, 0.2) is 0 Å². The summed E-state index contributed by atoms with van der Waals surface area (Å²) < 4.78 is 0. The Hall–Kier alpha value is 0.470. The SMILES string of the molecule is CN1C=NCC1.[NaH]. The first-order valence-electron chi connectivity index (χ1n) is 2.10. The molecule has 0 atom stereocenters. The Labute approximate surface area is 65.9 Å². The molecule has 0 aromatic carbocycles. The van der Waals surface area contributed by atoms with Gasteiger partial charge in [-0.15, -0.1) is 0 Å². The van der Waals surface area contributed by atoms with Gasteiger partial charge in [0, 0.05) is 13.6 Å². The van der Waals surface area contributed by atoms with Gasteiger partial charge in [-0.1, -0.05) is 0 Å². The predicted molar refractivity (Wildman–Crippen MR) is 33.1 cm³/mol. The quantitative estimate of drug-likeness (QED) is 0.375. The van der Waals surface area contributed by atoms with Gasteiger partial charge in [-0.05, 0) is 0 Å². The van der Waals surface area contributed by atoms with Crippen molar-refractivity contribution < 1.29 is 0 Å². The summed E-state index contributed by atoms with van der Waals surface area (Å²) in [6.45, 7) is 2.08. The van der Waals surface area contributed by atoms with E-state index in [2.05, 4.69) is 9.89 Å². The molecule has 1 aliphatic rings. The number of aliphatic imine (C=N–C) groups is 1. The van der Waals surface area contributed by atoms with Crippen molar-refractivity contribution in [1.29, 1.82) is 0 Å². The second kappa shape index (κ2) is 3.47. The fraction of sp³-hybridized carbons (Fsp3) is 0.750. The summed E-state index contributed by atoms with van der Waals surface area (Å²) in [5.41, 5.74) is 0. The third-order valence-corrected chi connectivity index (χ3v) is 0.861.